The molecule has 0 aliphatic carbocycles. The van der Waals surface area contributed by atoms with Crippen LogP contribution < -0.4 is 0 Å². The lowest BCUT2D eigenvalue weighted by atomic mass is 9.78. The molecule has 0 radical (unpaired) electrons. The van der Waals surface area contributed by atoms with Crippen molar-refractivity contribution in [2.45, 2.75) is 20.3 Å². The molecular formula is C24H23ClN2O2. The van der Waals surface area contributed by atoms with Gasteiger partial charge in [-0.1, -0.05) is 72.6 Å². The van der Waals surface area contributed by atoms with Crippen LogP contribution in [0.1, 0.15) is 36.3 Å². The lowest BCUT2D eigenvalue weighted by Gasteiger charge is -2.40. The summed E-state index contributed by atoms with van der Waals surface area (Å²) in [4.78, 5) is 14.8. The number of nitrogens with zero attached hydrogens (tertiary/aromatic N) is 2. The Morgan fingerprint density at radius 3 is 2.66 bits per heavy atom. The smallest absolute Gasteiger partial charge is 0.253 e. The third kappa shape index (κ3) is 4.28. The number of likely N-dealkylation sites (tertiary alicyclic amines) is 1. The Morgan fingerprint density at radius 1 is 1.14 bits per heavy atom. The van der Waals surface area contributed by atoms with Crippen LogP contribution in [0.15, 0.2) is 70.8 Å². The van der Waals surface area contributed by atoms with E-state index in [0.29, 0.717) is 23.7 Å². The molecule has 0 bridgehead atoms. The minimum atomic E-state index is -0.154. The van der Waals surface area contributed by atoms with Crippen LogP contribution in [0.4, 0.5) is 0 Å². The molecule has 1 amide bonds. The van der Waals surface area contributed by atoms with Crippen LogP contribution in [0.5, 0.6) is 0 Å². The molecule has 0 atom stereocenters. The maximum atomic E-state index is 12.9. The first kappa shape index (κ1) is 19.5. The molecule has 0 unspecified atom stereocenters. The van der Waals surface area contributed by atoms with Crippen molar-refractivity contribution in [3.63, 3.8) is 0 Å². The van der Waals surface area contributed by atoms with E-state index in [1.165, 1.54) is 5.57 Å². The summed E-state index contributed by atoms with van der Waals surface area (Å²) in [6, 6.07) is 19.0. The van der Waals surface area contributed by atoms with E-state index >= 15 is 0 Å². The Balaban J connectivity index is 1.51. The average molecular weight is 407 g/mol. The summed E-state index contributed by atoms with van der Waals surface area (Å²) < 4.78 is 5.52. The number of carbonyl (C=O) groups excluding carboxylic acids is 1. The normalized spacial score (nSPS) is 17.5. The monoisotopic (exact) mass is 406 g/mol. The van der Waals surface area contributed by atoms with Crippen molar-refractivity contribution in [1.82, 2.24) is 10.1 Å². The standard InChI is InChI=1S/C24H23ClN2O2/c1-24(2)16-27(23(28)18-9-6-10-20(25)13-18)12-11-19(24)14-21-15-22(29-26-21)17-7-4-3-5-8-17/h3-10,13-15H,11-12,16H2,1-2H3/b19-14+. The SMILES string of the molecule is CC1(C)CN(C(=O)c2cccc(Cl)c2)CC/C1=C\c1cc(-c2ccccc2)on1. The van der Waals surface area contributed by atoms with E-state index in [2.05, 4.69) is 25.1 Å². The summed E-state index contributed by atoms with van der Waals surface area (Å²) in [6.45, 7) is 5.64. The van der Waals surface area contributed by atoms with Crippen LogP contribution in [0.3, 0.4) is 0 Å². The fourth-order valence-corrected chi connectivity index (χ4v) is 3.96. The molecule has 1 aliphatic heterocycles. The maximum Gasteiger partial charge on any atom is 0.253 e. The molecule has 2 heterocycles. The predicted molar refractivity (Wildman–Crippen MR) is 116 cm³/mol. The van der Waals surface area contributed by atoms with Crippen LogP contribution in [0, 0.1) is 5.41 Å². The van der Waals surface area contributed by atoms with E-state index in [4.69, 9.17) is 16.1 Å². The van der Waals surface area contributed by atoms with Crippen molar-refractivity contribution in [2.75, 3.05) is 13.1 Å². The van der Waals surface area contributed by atoms with Gasteiger partial charge in [0.15, 0.2) is 5.76 Å². The summed E-state index contributed by atoms with van der Waals surface area (Å²) in [6.07, 6.45) is 2.89. The minimum absolute atomic E-state index is 0.0208. The predicted octanol–water partition coefficient (Wildman–Crippen LogP) is 5.95. The second-order valence-corrected chi connectivity index (χ2v) is 8.46. The molecule has 148 valence electrons. The second kappa shape index (κ2) is 7.88. The molecule has 5 heteroatoms. The van der Waals surface area contributed by atoms with E-state index in [9.17, 15) is 4.79 Å². The van der Waals surface area contributed by atoms with Gasteiger partial charge < -0.3 is 9.42 Å². The highest BCUT2D eigenvalue weighted by Gasteiger charge is 2.33. The number of hydrogen-bond donors (Lipinski definition) is 0. The third-order valence-corrected chi connectivity index (χ3v) is 5.61. The zero-order chi connectivity index (χ0) is 20.4. The van der Waals surface area contributed by atoms with Gasteiger partial charge in [-0.3, -0.25) is 4.79 Å². The molecule has 4 rings (SSSR count). The van der Waals surface area contributed by atoms with Gasteiger partial charge in [0.1, 0.15) is 5.69 Å². The highest BCUT2D eigenvalue weighted by atomic mass is 35.5. The van der Waals surface area contributed by atoms with Crippen LogP contribution >= 0.6 is 11.6 Å². The third-order valence-electron chi connectivity index (χ3n) is 5.37. The van der Waals surface area contributed by atoms with Gasteiger partial charge in [-0.15, -0.1) is 0 Å². The van der Waals surface area contributed by atoms with Crippen LogP contribution in [-0.4, -0.2) is 29.1 Å². The van der Waals surface area contributed by atoms with E-state index in [1.807, 2.05) is 53.4 Å². The molecule has 1 aliphatic rings. The molecule has 29 heavy (non-hydrogen) atoms. The number of amides is 1. The number of carbonyl (C=O) groups is 1. The van der Waals surface area contributed by atoms with E-state index < -0.39 is 0 Å². The molecule has 3 aromatic rings. The molecule has 0 spiro atoms. The molecule has 4 nitrogen and oxygen atoms in total. The summed E-state index contributed by atoms with van der Waals surface area (Å²) in [5.41, 5.74) is 3.55. The fourth-order valence-electron chi connectivity index (χ4n) is 3.77. The van der Waals surface area contributed by atoms with Gasteiger partial charge >= 0.3 is 0 Å². The largest absolute Gasteiger partial charge is 0.356 e. The van der Waals surface area contributed by atoms with Crippen molar-refractivity contribution in [3.05, 3.63) is 82.5 Å². The van der Waals surface area contributed by atoms with Crippen molar-refractivity contribution < 1.29 is 9.32 Å². The zero-order valence-electron chi connectivity index (χ0n) is 16.6. The van der Waals surface area contributed by atoms with Crippen LogP contribution in [-0.2, 0) is 0 Å². The number of aromatic nitrogens is 1. The first-order valence-corrected chi connectivity index (χ1v) is 10.1. The lowest BCUT2D eigenvalue weighted by Crippen LogP contribution is -2.44. The van der Waals surface area contributed by atoms with E-state index in [0.717, 1.165) is 23.4 Å². The second-order valence-electron chi connectivity index (χ2n) is 8.02. The average Bonchev–Trinajstić information content (AvgIpc) is 3.18. The molecule has 0 N–H and O–H groups in total. The number of hydrogen-bond acceptors (Lipinski definition) is 3. The fraction of sp³-hybridized carbons (Fsp3) is 0.250. The number of piperidine rings is 1. The van der Waals surface area contributed by atoms with Crippen molar-refractivity contribution in [3.8, 4) is 11.3 Å². The number of benzene rings is 2. The van der Waals surface area contributed by atoms with Gasteiger partial charge in [-0.2, -0.15) is 0 Å². The lowest BCUT2D eigenvalue weighted by molar-refractivity contribution is 0.0664. The van der Waals surface area contributed by atoms with Gasteiger partial charge in [0.25, 0.3) is 5.91 Å². The van der Waals surface area contributed by atoms with Gasteiger partial charge in [-0.25, -0.2) is 0 Å². The Bertz CT molecular complexity index is 1050. The highest BCUT2D eigenvalue weighted by molar-refractivity contribution is 6.30. The summed E-state index contributed by atoms with van der Waals surface area (Å²) >= 11 is 6.05. The summed E-state index contributed by atoms with van der Waals surface area (Å²) in [5, 5.41) is 4.79. The van der Waals surface area contributed by atoms with Crippen molar-refractivity contribution in [2.24, 2.45) is 5.41 Å². The topological polar surface area (TPSA) is 46.3 Å². The number of rotatable bonds is 3. The van der Waals surface area contributed by atoms with Gasteiger partial charge in [0.05, 0.1) is 0 Å². The molecule has 1 saturated heterocycles. The molecule has 2 aromatic carbocycles. The Kier molecular flexibility index (Phi) is 5.29. The number of halogens is 1. The summed E-state index contributed by atoms with van der Waals surface area (Å²) in [5.74, 6) is 0.774. The van der Waals surface area contributed by atoms with Gasteiger partial charge in [0, 0.05) is 40.7 Å². The Morgan fingerprint density at radius 2 is 1.93 bits per heavy atom. The Hall–Kier alpha value is -2.85. The first-order chi connectivity index (χ1) is 13.9. The van der Waals surface area contributed by atoms with Crippen LogP contribution in [0.25, 0.3) is 17.4 Å². The highest BCUT2D eigenvalue weighted by Crippen LogP contribution is 2.36. The van der Waals surface area contributed by atoms with Crippen molar-refractivity contribution >= 4 is 23.6 Å². The summed E-state index contributed by atoms with van der Waals surface area (Å²) in [7, 11) is 0. The Labute approximate surface area is 175 Å². The minimum Gasteiger partial charge on any atom is -0.356 e. The molecular weight excluding hydrogens is 384 g/mol. The van der Waals surface area contributed by atoms with Gasteiger partial charge in [0.2, 0.25) is 0 Å². The molecule has 0 saturated carbocycles. The van der Waals surface area contributed by atoms with E-state index in [-0.39, 0.29) is 11.3 Å². The molecule has 1 fully saturated rings. The van der Waals surface area contributed by atoms with Gasteiger partial charge in [-0.05, 0) is 30.7 Å². The first-order valence-electron chi connectivity index (χ1n) is 9.70. The van der Waals surface area contributed by atoms with Crippen LogP contribution in [0.2, 0.25) is 5.02 Å². The maximum absolute atomic E-state index is 12.9. The quantitative estimate of drug-likeness (QED) is 0.539. The zero-order valence-corrected chi connectivity index (χ0v) is 17.3. The van der Waals surface area contributed by atoms with Crippen molar-refractivity contribution in [1.29, 1.82) is 0 Å². The molecule has 1 aromatic heterocycles. The van der Waals surface area contributed by atoms with E-state index in [1.54, 1.807) is 12.1 Å².